The first kappa shape index (κ1) is 20.5. The molecule has 3 heteroatoms. The van der Waals surface area contributed by atoms with Gasteiger partial charge in [0.05, 0.1) is 6.10 Å². The van der Waals surface area contributed by atoms with Crippen LogP contribution in [0.5, 0.6) is 0 Å². The third-order valence-electron chi connectivity index (χ3n) is 11.1. The third kappa shape index (κ3) is 3.00. The molecule has 1 N–H and O–H groups in total. The van der Waals surface area contributed by atoms with Crippen molar-refractivity contribution in [1.29, 1.82) is 0 Å². The normalized spacial score (nSPS) is 53.2. The number of aliphatic hydroxyl groups is 1. The van der Waals surface area contributed by atoms with E-state index in [1.54, 1.807) is 0 Å². The number of hydrogen-bond acceptors (Lipinski definition) is 3. The average molecular weight is 402 g/mol. The van der Waals surface area contributed by atoms with E-state index in [-0.39, 0.29) is 22.9 Å². The number of piperidine rings is 1. The zero-order valence-electron chi connectivity index (χ0n) is 19.1. The van der Waals surface area contributed by atoms with Gasteiger partial charge in [0, 0.05) is 17.9 Å². The molecule has 1 heterocycles. The van der Waals surface area contributed by atoms with Crippen molar-refractivity contribution in [3.8, 4) is 0 Å². The number of aliphatic hydroxyl groups excluding tert-OH is 1. The smallest absolute Gasteiger partial charge is 0.143 e. The number of nitrogens with zero attached hydrogens (tertiary/aromatic N) is 1. The lowest BCUT2D eigenvalue weighted by Gasteiger charge is -2.64. The molecular weight excluding hydrogens is 358 g/mol. The van der Waals surface area contributed by atoms with Crippen LogP contribution in [-0.2, 0) is 4.79 Å². The summed E-state index contributed by atoms with van der Waals surface area (Å²) in [5, 5.41) is 10.4. The largest absolute Gasteiger partial charge is 0.393 e. The molecule has 0 bridgehead atoms. The Morgan fingerprint density at radius 3 is 2.48 bits per heavy atom. The van der Waals surface area contributed by atoms with Gasteiger partial charge in [0.2, 0.25) is 0 Å². The van der Waals surface area contributed by atoms with Crippen molar-refractivity contribution in [3.63, 3.8) is 0 Å². The second-order valence-corrected chi connectivity index (χ2v) is 12.4. The first-order valence-electron chi connectivity index (χ1n) is 12.7. The highest BCUT2D eigenvalue weighted by Crippen LogP contribution is 2.69. The highest BCUT2D eigenvalue weighted by molar-refractivity contribution is 5.89. The van der Waals surface area contributed by atoms with Crippen molar-refractivity contribution in [2.75, 3.05) is 19.6 Å². The molecule has 0 unspecified atom stereocenters. The van der Waals surface area contributed by atoms with Gasteiger partial charge in [-0.25, -0.2) is 0 Å². The number of hydrogen-bond donors (Lipinski definition) is 1. The summed E-state index contributed by atoms with van der Waals surface area (Å²) in [5.74, 6) is 3.00. The summed E-state index contributed by atoms with van der Waals surface area (Å²) in [7, 11) is 0. The number of fused-ring (bicyclic) bond motifs is 5. The van der Waals surface area contributed by atoms with Gasteiger partial charge in [-0.05, 0) is 106 Å². The van der Waals surface area contributed by atoms with Crippen LogP contribution in [0.3, 0.4) is 0 Å². The fourth-order valence-electron chi connectivity index (χ4n) is 9.16. The highest BCUT2D eigenvalue weighted by Gasteiger charge is 2.64. The van der Waals surface area contributed by atoms with Gasteiger partial charge >= 0.3 is 0 Å². The highest BCUT2D eigenvalue weighted by atomic mass is 16.3. The molecule has 1 saturated heterocycles. The molecule has 0 aromatic carbocycles. The van der Waals surface area contributed by atoms with Crippen LogP contribution in [-0.4, -0.2) is 41.5 Å². The zero-order valence-corrected chi connectivity index (χ0v) is 19.1. The van der Waals surface area contributed by atoms with Gasteiger partial charge in [-0.1, -0.05) is 27.2 Å². The Kier molecular flexibility index (Phi) is 4.98. The van der Waals surface area contributed by atoms with Crippen molar-refractivity contribution in [3.05, 3.63) is 0 Å². The number of Topliss-reactive ketones (excluding diaryl/α,β-unsaturated/α-hetero) is 1. The van der Waals surface area contributed by atoms with Crippen LogP contribution < -0.4 is 0 Å². The SMILES string of the molecule is C[C@@]12CC[C@@H]3[C@H]4C[C@@H](CN5CCCCC5)C(=O)[C@@]4(C)CC[C@H]3[C@@]1(C)CC[C@@H](O)C2. The van der Waals surface area contributed by atoms with E-state index in [9.17, 15) is 9.90 Å². The molecule has 5 fully saturated rings. The van der Waals surface area contributed by atoms with Gasteiger partial charge in [-0.15, -0.1) is 0 Å². The molecule has 5 aliphatic rings. The molecule has 4 saturated carbocycles. The van der Waals surface area contributed by atoms with Crippen molar-refractivity contribution < 1.29 is 9.90 Å². The Labute approximate surface area is 178 Å². The number of rotatable bonds is 2. The molecule has 5 rings (SSSR count). The summed E-state index contributed by atoms with van der Waals surface area (Å²) in [6, 6.07) is 0. The van der Waals surface area contributed by atoms with E-state index in [0.717, 1.165) is 44.1 Å². The Morgan fingerprint density at radius 1 is 0.966 bits per heavy atom. The van der Waals surface area contributed by atoms with Crippen LogP contribution in [0.15, 0.2) is 0 Å². The molecule has 3 nitrogen and oxygen atoms in total. The monoisotopic (exact) mass is 401 g/mol. The topological polar surface area (TPSA) is 40.5 Å². The van der Waals surface area contributed by atoms with Crippen LogP contribution >= 0.6 is 0 Å². The van der Waals surface area contributed by atoms with E-state index in [1.807, 2.05) is 0 Å². The molecule has 0 aromatic rings. The van der Waals surface area contributed by atoms with Gasteiger partial charge in [-0.3, -0.25) is 4.79 Å². The van der Waals surface area contributed by atoms with Gasteiger partial charge in [0.25, 0.3) is 0 Å². The summed E-state index contributed by atoms with van der Waals surface area (Å²) >= 11 is 0. The molecular formula is C26H43NO2. The molecule has 1 aliphatic heterocycles. The van der Waals surface area contributed by atoms with E-state index >= 15 is 0 Å². The lowest BCUT2D eigenvalue weighted by atomic mass is 9.40. The van der Waals surface area contributed by atoms with Gasteiger partial charge in [0.15, 0.2) is 0 Å². The molecule has 29 heavy (non-hydrogen) atoms. The van der Waals surface area contributed by atoms with Gasteiger partial charge < -0.3 is 10.0 Å². The van der Waals surface area contributed by atoms with Crippen molar-refractivity contribution in [1.82, 2.24) is 4.90 Å². The molecule has 0 spiro atoms. The predicted molar refractivity (Wildman–Crippen MR) is 117 cm³/mol. The summed E-state index contributed by atoms with van der Waals surface area (Å²) < 4.78 is 0. The number of ketones is 1. The standard InChI is InChI=1S/C26H43NO2/c1-24-10-8-20-21(26(24,3)12-7-19(28)16-24)9-11-25(2)22(20)15-18(23(25)29)17-27-13-5-4-6-14-27/h18-22,28H,4-17H2,1-3H3/t18-,19+,20-,21+,22+,24-,25-,26+/m0/s1. The fraction of sp³-hybridized carbons (Fsp3) is 0.962. The van der Waals surface area contributed by atoms with Crippen LogP contribution in [0.25, 0.3) is 0 Å². The fourth-order valence-corrected chi connectivity index (χ4v) is 9.16. The molecule has 0 radical (unpaired) electrons. The third-order valence-corrected chi connectivity index (χ3v) is 11.1. The Balaban J connectivity index is 1.37. The maximum atomic E-state index is 13.6. The quantitative estimate of drug-likeness (QED) is 0.703. The Morgan fingerprint density at radius 2 is 1.72 bits per heavy atom. The van der Waals surface area contributed by atoms with Crippen molar-refractivity contribution in [2.45, 2.75) is 97.5 Å². The number of carbonyl (C=O) groups is 1. The predicted octanol–water partition coefficient (Wildman–Crippen LogP) is 5.06. The summed E-state index contributed by atoms with van der Waals surface area (Å²) in [4.78, 5) is 16.2. The van der Waals surface area contributed by atoms with E-state index in [1.165, 1.54) is 58.0 Å². The average Bonchev–Trinajstić information content (AvgIpc) is 2.95. The summed E-state index contributed by atoms with van der Waals surface area (Å²) in [5.41, 5.74) is 0.583. The second kappa shape index (κ2) is 7.05. The minimum absolute atomic E-state index is 0.0557. The van der Waals surface area contributed by atoms with E-state index in [0.29, 0.717) is 17.1 Å². The lowest BCUT2D eigenvalue weighted by Crippen LogP contribution is -2.58. The van der Waals surface area contributed by atoms with Gasteiger partial charge in [0.1, 0.15) is 5.78 Å². The Hall–Kier alpha value is -0.410. The van der Waals surface area contributed by atoms with E-state index in [2.05, 4.69) is 25.7 Å². The van der Waals surface area contributed by atoms with Crippen LogP contribution in [0.4, 0.5) is 0 Å². The van der Waals surface area contributed by atoms with E-state index < -0.39 is 0 Å². The zero-order chi connectivity index (χ0) is 20.4. The van der Waals surface area contributed by atoms with Crippen LogP contribution in [0.1, 0.15) is 91.4 Å². The molecule has 164 valence electrons. The Bertz CT molecular complexity index is 657. The molecule has 8 atom stereocenters. The summed E-state index contributed by atoms with van der Waals surface area (Å²) in [6.07, 6.45) is 13.1. The van der Waals surface area contributed by atoms with Crippen molar-refractivity contribution >= 4 is 5.78 Å². The van der Waals surface area contributed by atoms with Crippen molar-refractivity contribution in [2.24, 2.45) is 39.9 Å². The molecule has 4 aliphatic carbocycles. The minimum Gasteiger partial charge on any atom is -0.393 e. The maximum Gasteiger partial charge on any atom is 0.143 e. The van der Waals surface area contributed by atoms with Crippen LogP contribution in [0.2, 0.25) is 0 Å². The van der Waals surface area contributed by atoms with Gasteiger partial charge in [-0.2, -0.15) is 0 Å². The summed E-state index contributed by atoms with van der Waals surface area (Å²) in [6.45, 7) is 10.8. The molecule has 0 amide bonds. The first-order valence-corrected chi connectivity index (χ1v) is 12.7. The second-order valence-electron chi connectivity index (χ2n) is 12.4. The van der Waals surface area contributed by atoms with E-state index in [4.69, 9.17) is 0 Å². The lowest BCUT2D eigenvalue weighted by molar-refractivity contribution is -0.169. The first-order chi connectivity index (χ1) is 13.8. The number of carbonyl (C=O) groups excluding carboxylic acids is 1. The number of likely N-dealkylation sites (tertiary alicyclic amines) is 1. The van der Waals surface area contributed by atoms with Crippen LogP contribution in [0, 0.1) is 39.9 Å². The maximum absolute atomic E-state index is 13.6. The minimum atomic E-state index is -0.0968. The molecule has 0 aromatic heterocycles.